The summed E-state index contributed by atoms with van der Waals surface area (Å²) in [7, 11) is 0. The van der Waals surface area contributed by atoms with Crippen LogP contribution < -0.4 is 0 Å². The summed E-state index contributed by atoms with van der Waals surface area (Å²) in [5.41, 5.74) is 0. The van der Waals surface area contributed by atoms with E-state index in [4.69, 9.17) is 5.11 Å². The summed E-state index contributed by atoms with van der Waals surface area (Å²) in [6.45, 7) is 6.53. The fourth-order valence-corrected chi connectivity index (χ4v) is 3.71. The van der Waals surface area contributed by atoms with E-state index < -0.39 is 0 Å². The van der Waals surface area contributed by atoms with Crippen molar-refractivity contribution in [3.05, 3.63) is 0 Å². The molecule has 3 unspecified atom stereocenters. The van der Waals surface area contributed by atoms with Crippen LogP contribution in [0.3, 0.4) is 0 Å². The lowest BCUT2D eigenvalue weighted by molar-refractivity contribution is 0.161. The normalized spacial score (nSPS) is 15.9. The summed E-state index contributed by atoms with van der Waals surface area (Å²) in [5, 5.41) is 19.6. The maximum absolute atomic E-state index is 10.1. The molecular formula is C18H38O2S. The molecule has 0 radical (unpaired) electrons. The van der Waals surface area contributed by atoms with Crippen LogP contribution >= 0.6 is 11.8 Å². The van der Waals surface area contributed by atoms with Crippen molar-refractivity contribution in [3.63, 3.8) is 0 Å². The predicted octanol–water partition coefficient (Wildman–Crippen LogP) is 5.16. The third-order valence-corrected chi connectivity index (χ3v) is 5.46. The molecule has 0 rings (SSSR count). The largest absolute Gasteiger partial charge is 0.395 e. The molecule has 0 aromatic heterocycles. The SMILES string of the molecule is CCCCCCCCCCCCC(O)C(C)SC(C)CO. The van der Waals surface area contributed by atoms with E-state index in [1.54, 1.807) is 11.8 Å². The van der Waals surface area contributed by atoms with Crippen LogP contribution in [0.2, 0.25) is 0 Å². The van der Waals surface area contributed by atoms with Crippen molar-refractivity contribution in [1.82, 2.24) is 0 Å². The monoisotopic (exact) mass is 318 g/mol. The van der Waals surface area contributed by atoms with Crippen LogP contribution in [0.5, 0.6) is 0 Å². The molecule has 0 heterocycles. The molecule has 128 valence electrons. The van der Waals surface area contributed by atoms with Gasteiger partial charge in [-0.3, -0.25) is 0 Å². The van der Waals surface area contributed by atoms with Gasteiger partial charge >= 0.3 is 0 Å². The van der Waals surface area contributed by atoms with Gasteiger partial charge in [0.05, 0.1) is 12.7 Å². The van der Waals surface area contributed by atoms with Gasteiger partial charge in [-0.05, 0) is 6.42 Å². The van der Waals surface area contributed by atoms with Gasteiger partial charge in [0.1, 0.15) is 0 Å². The Morgan fingerprint density at radius 1 is 0.810 bits per heavy atom. The van der Waals surface area contributed by atoms with Gasteiger partial charge in [-0.25, -0.2) is 0 Å². The lowest BCUT2D eigenvalue weighted by Crippen LogP contribution is -2.23. The van der Waals surface area contributed by atoms with Crippen molar-refractivity contribution in [1.29, 1.82) is 0 Å². The molecule has 0 aliphatic rings. The lowest BCUT2D eigenvalue weighted by atomic mass is 10.0. The molecule has 3 atom stereocenters. The Hall–Kier alpha value is 0.270. The number of aliphatic hydroxyl groups is 2. The van der Waals surface area contributed by atoms with E-state index in [1.165, 1.54) is 57.8 Å². The zero-order valence-electron chi connectivity index (χ0n) is 14.5. The van der Waals surface area contributed by atoms with Gasteiger partial charge in [-0.1, -0.05) is 85.0 Å². The summed E-state index contributed by atoms with van der Waals surface area (Å²) in [6.07, 6.45) is 14.0. The summed E-state index contributed by atoms with van der Waals surface area (Å²) in [6, 6.07) is 0. The lowest BCUT2D eigenvalue weighted by Gasteiger charge is -2.21. The first-order valence-corrected chi connectivity index (χ1v) is 10.0. The molecule has 0 amide bonds. The molecule has 21 heavy (non-hydrogen) atoms. The molecular weight excluding hydrogens is 280 g/mol. The Morgan fingerprint density at radius 2 is 1.29 bits per heavy atom. The first-order valence-electron chi connectivity index (χ1n) is 9.06. The number of hydrogen-bond acceptors (Lipinski definition) is 3. The second-order valence-electron chi connectivity index (χ2n) is 6.37. The fourth-order valence-electron chi connectivity index (χ4n) is 2.58. The van der Waals surface area contributed by atoms with Gasteiger partial charge in [0.2, 0.25) is 0 Å². The average Bonchev–Trinajstić information content (AvgIpc) is 2.48. The van der Waals surface area contributed by atoms with E-state index in [-0.39, 0.29) is 23.2 Å². The number of unbranched alkanes of at least 4 members (excludes halogenated alkanes) is 9. The average molecular weight is 319 g/mol. The molecule has 0 saturated carbocycles. The maximum Gasteiger partial charge on any atom is 0.0656 e. The van der Waals surface area contributed by atoms with E-state index in [1.807, 2.05) is 6.92 Å². The molecule has 0 fully saturated rings. The van der Waals surface area contributed by atoms with Crippen molar-refractivity contribution >= 4 is 11.8 Å². The van der Waals surface area contributed by atoms with Gasteiger partial charge in [-0.2, -0.15) is 11.8 Å². The Balaban J connectivity index is 3.33. The summed E-state index contributed by atoms with van der Waals surface area (Å²) in [4.78, 5) is 0. The van der Waals surface area contributed by atoms with E-state index in [9.17, 15) is 5.11 Å². The van der Waals surface area contributed by atoms with Crippen LogP contribution in [-0.2, 0) is 0 Å². The van der Waals surface area contributed by atoms with Crippen LogP contribution in [0.25, 0.3) is 0 Å². The minimum Gasteiger partial charge on any atom is -0.395 e. The summed E-state index contributed by atoms with van der Waals surface area (Å²) in [5.74, 6) is 0. The molecule has 0 aromatic rings. The van der Waals surface area contributed by atoms with E-state index >= 15 is 0 Å². The van der Waals surface area contributed by atoms with E-state index in [0.717, 1.165) is 12.8 Å². The number of rotatable bonds is 15. The van der Waals surface area contributed by atoms with E-state index in [2.05, 4.69) is 13.8 Å². The highest BCUT2D eigenvalue weighted by atomic mass is 32.2. The molecule has 2 nitrogen and oxygen atoms in total. The Morgan fingerprint density at radius 3 is 1.76 bits per heavy atom. The molecule has 0 bridgehead atoms. The molecule has 0 aliphatic carbocycles. The number of hydrogen-bond donors (Lipinski definition) is 2. The number of aliphatic hydroxyl groups excluding tert-OH is 2. The Kier molecular flexibility index (Phi) is 15.4. The molecule has 2 N–H and O–H groups in total. The quantitative estimate of drug-likeness (QED) is 0.410. The second kappa shape index (κ2) is 15.2. The van der Waals surface area contributed by atoms with Crippen LogP contribution in [0.15, 0.2) is 0 Å². The van der Waals surface area contributed by atoms with Crippen molar-refractivity contribution in [2.75, 3.05) is 6.61 Å². The number of thioether (sulfide) groups is 1. The van der Waals surface area contributed by atoms with Crippen molar-refractivity contribution < 1.29 is 10.2 Å². The minimum atomic E-state index is -0.224. The van der Waals surface area contributed by atoms with Crippen molar-refractivity contribution in [3.8, 4) is 0 Å². The summed E-state index contributed by atoms with van der Waals surface area (Å²) < 4.78 is 0. The first kappa shape index (κ1) is 21.3. The van der Waals surface area contributed by atoms with Gasteiger partial charge in [0.15, 0.2) is 0 Å². The standard InChI is InChI=1S/C18H38O2S/c1-4-5-6-7-8-9-10-11-12-13-14-18(20)17(3)21-16(2)15-19/h16-20H,4-15H2,1-3H3. The highest BCUT2D eigenvalue weighted by Gasteiger charge is 2.16. The molecule has 0 spiro atoms. The minimum absolute atomic E-state index is 0.194. The third-order valence-electron chi connectivity index (χ3n) is 4.10. The zero-order valence-corrected chi connectivity index (χ0v) is 15.3. The molecule has 3 heteroatoms. The Bertz CT molecular complexity index is 211. The highest BCUT2D eigenvalue weighted by Crippen LogP contribution is 2.23. The van der Waals surface area contributed by atoms with Gasteiger partial charge < -0.3 is 10.2 Å². The fraction of sp³-hybridized carbons (Fsp3) is 1.00. The third kappa shape index (κ3) is 13.6. The smallest absolute Gasteiger partial charge is 0.0656 e. The van der Waals surface area contributed by atoms with Gasteiger partial charge in [0, 0.05) is 10.5 Å². The van der Waals surface area contributed by atoms with Crippen LogP contribution in [-0.4, -0.2) is 33.4 Å². The van der Waals surface area contributed by atoms with Crippen LogP contribution in [0.1, 0.15) is 91.4 Å². The zero-order chi connectivity index (χ0) is 15.9. The van der Waals surface area contributed by atoms with Gasteiger partial charge in [0.25, 0.3) is 0 Å². The molecule has 0 saturated heterocycles. The topological polar surface area (TPSA) is 40.5 Å². The van der Waals surface area contributed by atoms with Crippen molar-refractivity contribution in [2.24, 2.45) is 0 Å². The second-order valence-corrected chi connectivity index (χ2v) is 8.19. The van der Waals surface area contributed by atoms with Crippen molar-refractivity contribution in [2.45, 2.75) is 108 Å². The highest BCUT2D eigenvalue weighted by molar-refractivity contribution is 8.00. The maximum atomic E-state index is 10.1. The predicted molar refractivity (Wildman–Crippen MR) is 96.1 cm³/mol. The Labute approximate surface area is 137 Å². The summed E-state index contributed by atoms with van der Waals surface area (Å²) >= 11 is 1.69. The van der Waals surface area contributed by atoms with Crippen LogP contribution in [0.4, 0.5) is 0 Å². The first-order chi connectivity index (χ1) is 10.1. The van der Waals surface area contributed by atoms with Gasteiger partial charge in [-0.15, -0.1) is 0 Å². The van der Waals surface area contributed by atoms with Crippen LogP contribution in [0, 0.1) is 0 Å². The van der Waals surface area contributed by atoms with E-state index in [0.29, 0.717) is 0 Å². The molecule has 0 aliphatic heterocycles. The molecule has 0 aromatic carbocycles.